The second-order valence-corrected chi connectivity index (χ2v) is 5.71. The number of amides is 1. The summed E-state index contributed by atoms with van der Waals surface area (Å²) in [6, 6.07) is 7.84. The molecular formula is C17H21N3O6. The minimum atomic E-state index is -0.881. The molecule has 1 atom stereocenters. The van der Waals surface area contributed by atoms with E-state index >= 15 is 0 Å². The normalized spacial score (nSPS) is 17.5. The second-order valence-electron chi connectivity index (χ2n) is 5.71. The van der Waals surface area contributed by atoms with E-state index in [2.05, 4.69) is 5.32 Å². The summed E-state index contributed by atoms with van der Waals surface area (Å²) >= 11 is 0. The molecule has 1 saturated heterocycles. The monoisotopic (exact) mass is 363 g/mol. The van der Waals surface area contributed by atoms with Crippen molar-refractivity contribution in [2.45, 2.75) is 18.9 Å². The van der Waals surface area contributed by atoms with E-state index in [-0.39, 0.29) is 17.3 Å². The van der Waals surface area contributed by atoms with Gasteiger partial charge in [-0.15, -0.1) is 0 Å². The molecule has 1 amide bonds. The van der Waals surface area contributed by atoms with E-state index in [9.17, 15) is 19.7 Å². The number of benzene rings is 1. The third-order valence-electron chi connectivity index (χ3n) is 4.08. The molecule has 2 rings (SSSR count). The molecule has 0 bridgehead atoms. The molecule has 1 aromatic carbocycles. The number of esters is 1. The highest BCUT2D eigenvalue weighted by atomic mass is 16.6. The average molecular weight is 363 g/mol. The molecule has 1 fully saturated rings. The van der Waals surface area contributed by atoms with Crippen molar-refractivity contribution in [3.05, 3.63) is 57.5 Å². The fourth-order valence-corrected chi connectivity index (χ4v) is 2.90. The third-order valence-corrected chi connectivity index (χ3v) is 4.08. The van der Waals surface area contributed by atoms with Crippen LogP contribution in [-0.4, -0.2) is 55.1 Å². The standard InChI is InChI=1S/C17H21N3O6/c1-25-11-13-9-6-10-19(13)14(17(22)26-2)15(20(23)24)18-16(21)12-7-4-3-5-8-12/h3-5,7-8,13H,6,9-11H2,1-2H3,(H,18,21)/b15-14+/t13-/m0/s1. The van der Waals surface area contributed by atoms with E-state index < -0.39 is 22.6 Å². The summed E-state index contributed by atoms with van der Waals surface area (Å²) in [6.45, 7) is 0.731. The smallest absolute Gasteiger partial charge is 0.363 e. The summed E-state index contributed by atoms with van der Waals surface area (Å²) in [5.41, 5.74) is -0.0349. The van der Waals surface area contributed by atoms with E-state index in [1.54, 1.807) is 23.1 Å². The molecule has 1 aliphatic rings. The van der Waals surface area contributed by atoms with Gasteiger partial charge in [-0.05, 0) is 29.9 Å². The molecule has 0 spiro atoms. The lowest BCUT2D eigenvalue weighted by Gasteiger charge is -2.26. The van der Waals surface area contributed by atoms with Gasteiger partial charge >= 0.3 is 17.7 Å². The Hall–Kier alpha value is -2.94. The Morgan fingerprint density at radius 1 is 1.31 bits per heavy atom. The maximum Gasteiger partial charge on any atom is 0.363 e. The van der Waals surface area contributed by atoms with Crippen molar-refractivity contribution < 1.29 is 24.0 Å². The van der Waals surface area contributed by atoms with Crippen LogP contribution in [0.4, 0.5) is 0 Å². The van der Waals surface area contributed by atoms with E-state index in [1.807, 2.05) is 0 Å². The van der Waals surface area contributed by atoms with Gasteiger partial charge in [0.15, 0.2) is 0 Å². The molecule has 0 aliphatic carbocycles. The van der Waals surface area contributed by atoms with Crippen LogP contribution in [0.1, 0.15) is 23.2 Å². The number of hydrogen-bond acceptors (Lipinski definition) is 7. The molecule has 0 radical (unpaired) electrons. The van der Waals surface area contributed by atoms with Crippen molar-refractivity contribution in [1.82, 2.24) is 10.2 Å². The predicted octanol–water partition coefficient (Wildman–Crippen LogP) is 1.15. The van der Waals surface area contributed by atoms with Gasteiger partial charge in [-0.25, -0.2) is 14.9 Å². The van der Waals surface area contributed by atoms with Crippen molar-refractivity contribution >= 4 is 11.9 Å². The van der Waals surface area contributed by atoms with Crippen LogP contribution in [0.5, 0.6) is 0 Å². The van der Waals surface area contributed by atoms with E-state index in [1.165, 1.54) is 19.2 Å². The summed E-state index contributed by atoms with van der Waals surface area (Å²) < 4.78 is 9.87. The molecule has 1 heterocycles. The van der Waals surface area contributed by atoms with Gasteiger partial charge in [0, 0.05) is 13.7 Å². The molecule has 1 N–H and O–H groups in total. The Bertz CT molecular complexity index is 704. The fraction of sp³-hybridized carbons (Fsp3) is 0.412. The lowest BCUT2D eigenvalue weighted by molar-refractivity contribution is -0.432. The van der Waals surface area contributed by atoms with Crippen LogP contribution in [0.2, 0.25) is 0 Å². The van der Waals surface area contributed by atoms with E-state index in [0.717, 1.165) is 13.5 Å². The summed E-state index contributed by atoms with van der Waals surface area (Å²) in [6.07, 6.45) is 1.46. The Morgan fingerprint density at radius 3 is 2.58 bits per heavy atom. The highest BCUT2D eigenvalue weighted by Crippen LogP contribution is 2.25. The van der Waals surface area contributed by atoms with Gasteiger partial charge in [0.25, 0.3) is 0 Å². The lowest BCUT2D eigenvalue weighted by Crippen LogP contribution is -2.40. The Kier molecular flexibility index (Phi) is 6.67. The number of methoxy groups -OCH3 is 2. The largest absolute Gasteiger partial charge is 0.464 e. The zero-order valence-electron chi connectivity index (χ0n) is 14.6. The Labute approximate surface area is 150 Å². The number of nitrogens with one attached hydrogen (secondary N) is 1. The van der Waals surface area contributed by atoms with Crippen LogP contribution in [0.25, 0.3) is 0 Å². The van der Waals surface area contributed by atoms with Gasteiger partial charge in [-0.2, -0.15) is 0 Å². The lowest BCUT2D eigenvalue weighted by atomic mass is 10.2. The molecular weight excluding hydrogens is 342 g/mol. The Balaban J connectivity index is 2.43. The van der Waals surface area contributed by atoms with Gasteiger partial charge in [0.05, 0.1) is 25.3 Å². The first-order valence-electron chi connectivity index (χ1n) is 8.08. The minimum Gasteiger partial charge on any atom is -0.464 e. The molecule has 0 saturated carbocycles. The molecule has 0 aromatic heterocycles. The van der Waals surface area contributed by atoms with Crippen molar-refractivity contribution in [1.29, 1.82) is 0 Å². The summed E-state index contributed by atoms with van der Waals surface area (Å²) in [5.74, 6) is -2.26. The number of nitrogens with zero attached hydrogens (tertiary/aromatic N) is 2. The molecule has 1 aliphatic heterocycles. The minimum absolute atomic E-state index is 0.210. The quantitative estimate of drug-likeness (QED) is 0.335. The van der Waals surface area contributed by atoms with E-state index in [0.29, 0.717) is 19.6 Å². The van der Waals surface area contributed by atoms with Crippen LogP contribution in [0.15, 0.2) is 41.8 Å². The Morgan fingerprint density at radius 2 is 2.00 bits per heavy atom. The summed E-state index contributed by atoms with van der Waals surface area (Å²) in [4.78, 5) is 37.0. The predicted molar refractivity (Wildman–Crippen MR) is 91.5 cm³/mol. The summed E-state index contributed by atoms with van der Waals surface area (Å²) in [7, 11) is 2.66. The highest BCUT2D eigenvalue weighted by Gasteiger charge is 2.37. The first-order chi connectivity index (χ1) is 12.5. The zero-order chi connectivity index (χ0) is 19.1. The molecule has 140 valence electrons. The zero-order valence-corrected chi connectivity index (χ0v) is 14.6. The molecule has 0 unspecified atom stereocenters. The van der Waals surface area contributed by atoms with Crippen molar-refractivity contribution in [2.24, 2.45) is 0 Å². The van der Waals surface area contributed by atoms with Crippen LogP contribution in [0, 0.1) is 10.1 Å². The second kappa shape index (κ2) is 8.95. The average Bonchev–Trinajstić information content (AvgIpc) is 3.09. The van der Waals surface area contributed by atoms with Crippen LogP contribution < -0.4 is 5.32 Å². The van der Waals surface area contributed by atoms with Crippen molar-refractivity contribution in [3.63, 3.8) is 0 Å². The third kappa shape index (κ3) is 4.37. The SMILES string of the molecule is COC[C@@H]1CCCN1/C(C(=O)OC)=C(\NC(=O)c1ccccc1)[N+](=O)[O-]. The van der Waals surface area contributed by atoms with Gasteiger partial charge in [-0.1, -0.05) is 18.2 Å². The van der Waals surface area contributed by atoms with Crippen LogP contribution in [0.3, 0.4) is 0 Å². The number of carbonyl (C=O) groups excluding carboxylic acids is 2. The topological polar surface area (TPSA) is 111 Å². The highest BCUT2D eigenvalue weighted by molar-refractivity contribution is 5.96. The number of ether oxygens (including phenoxy) is 2. The maximum atomic E-state index is 12.4. The number of carbonyl (C=O) groups is 2. The molecule has 26 heavy (non-hydrogen) atoms. The molecule has 9 nitrogen and oxygen atoms in total. The molecule has 1 aromatic rings. The van der Waals surface area contributed by atoms with Gasteiger partial charge in [0.2, 0.25) is 5.70 Å². The first kappa shape index (κ1) is 19.4. The first-order valence-corrected chi connectivity index (χ1v) is 8.08. The van der Waals surface area contributed by atoms with E-state index in [4.69, 9.17) is 9.47 Å². The number of nitro groups is 1. The number of likely N-dealkylation sites (tertiary alicyclic amines) is 1. The van der Waals surface area contributed by atoms with Gasteiger partial charge < -0.3 is 24.5 Å². The van der Waals surface area contributed by atoms with Gasteiger partial charge in [-0.3, -0.25) is 0 Å². The van der Waals surface area contributed by atoms with Crippen molar-refractivity contribution in [2.75, 3.05) is 27.4 Å². The molecule has 9 heteroatoms. The number of rotatable bonds is 7. The van der Waals surface area contributed by atoms with Crippen LogP contribution in [-0.2, 0) is 14.3 Å². The van der Waals surface area contributed by atoms with Crippen molar-refractivity contribution in [3.8, 4) is 0 Å². The fourth-order valence-electron chi connectivity index (χ4n) is 2.90. The van der Waals surface area contributed by atoms with Gasteiger partial charge in [0.1, 0.15) is 0 Å². The maximum absolute atomic E-state index is 12.4. The summed E-state index contributed by atoms with van der Waals surface area (Å²) in [5, 5.41) is 13.9. The number of hydrogen-bond donors (Lipinski definition) is 1. The van der Waals surface area contributed by atoms with Crippen LogP contribution >= 0.6 is 0 Å².